The lowest BCUT2D eigenvalue weighted by Crippen LogP contribution is -2.20. The normalized spacial score (nSPS) is 13.0. The smallest absolute Gasteiger partial charge is 0.269 e. The van der Waals surface area contributed by atoms with E-state index in [1.54, 1.807) is 25.5 Å². The summed E-state index contributed by atoms with van der Waals surface area (Å²) in [5.41, 5.74) is 3.87. The molecule has 0 unspecified atom stereocenters. The van der Waals surface area contributed by atoms with Crippen LogP contribution in [0, 0.1) is 0 Å². The van der Waals surface area contributed by atoms with Gasteiger partial charge < -0.3 is 14.6 Å². The van der Waals surface area contributed by atoms with E-state index in [0.29, 0.717) is 24.3 Å². The summed E-state index contributed by atoms with van der Waals surface area (Å²) in [5.74, 6) is 0.532. The third-order valence-electron chi connectivity index (χ3n) is 4.64. The molecule has 7 heteroatoms. The van der Waals surface area contributed by atoms with Crippen LogP contribution in [0.1, 0.15) is 17.7 Å². The SMILES string of the molecule is Cn1cc(-c2cc3c(c(OCc4ccccn4)c2)NC(=O)CC3)cc(Cl)c1=O. The predicted octanol–water partition coefficient (Wildman–Crippen LogP) is 3.56. The molecule has 4 rings (SSSR count). The average Bonchev–Trinajstić information content (AvgIpc) is 2.70. The molecular weight excluding hydrogens is 378 g/mol. The van der Waals surface area contributed by atoms with Crippen LogP contribution in [-0.4, -0.2) is 15.5 Å². The Kier molecular flexibility index (Phi) is 4.88. The number of rotatable bonds is 4. The standard InChI is InChI=1S/C21H18ClN3O3/c1-25-11-15(9-17(22)21(25)27)14-8-13-5-6-19(26)24-20(13)18(10-14)28-12-16-4-2-3-7-23-16/h2-4,7-11H,5-6,12H2,1H3,(H,24,26). The Balaban J connectivity index is 1.76. The number of carbonyl (C=O) groups is 1. The summed E-state index contributed by atoms with van der Waals surface area (Å²) in [5, 5.41) is 3.06. The molecule has 0 saturated heterocycles. The van der Waals surface area contributed by atoms with Crippen molar-refractivity contribution in [3.63, 3.8) is 0 Å². The van der Waals surface area contributed by atoms with Crippen LogP contribution in [0.3, 0.4) is 0 Å². The van der Waals surface area contributed by atoms with Gasteiger partial charge in [0, 0.05) is 25.9 Å². The highest BCUT2D eigenvalue weighted by Crippen LogP contribution is 2.38. The maximum Gasteiger partial charge on any atom is 0.269 e. The molecule has 6 nitrogen and oxygen atoms in total. The molecule has 28 heavy (non-hydrogen) atoms. The Labute approximate surface area is 166 Å². The van der Waals surface area contributed by atoms with Gasteiger partial charge in [0.25, 0.3) is 5.56 Å². The molecule has 0 radical (unpaired) electrons. The zero-order chi connectivity index (χ0) is 19.7. The summed E-state index contributed by atoms with van der Waals surface area (Å²) < 4.78 is 7.46. The van der Waals surface area contributed by atoms with Crippen molar-refractivity contribution in [1.82, 2.24) is 9.55 Å². The van der Waals surface area contributed by atoms with Crippen molar-refractivity contribution in [2.45, 2.75) is 19.4 Å². The predicted molar refractivity (Wildman–Crippen MR) is 108 cm³/mol. The summed E-state index contributed by atoms with van der Waals surface area (Å²) in [6.07, 6.45) is 4.48. The van der Waals surface area contributed by atoms with Gasteiger partial charge in [-0.15, -0.1) is 0 Å². The quantitative estimate of drug-likeness (QED) is 0.733. The molecule has 1 aliphatic rings. The minimum Gasteiger partial charge on any atom is -0.485 e. The number of carbonyl (C=O) groups excluding carboxylic acids is 1. The zero-order valence-electron chi connectivity index (χ0n) is 15.2. The first kappa shape index (κ1) is 18.3. The first-order valence-electron chi connectivity index (χ1n) is 8.87. The number of nitrogens with zero attached hydrogens (tertiary/aromatic N) is 2. The highest BCUT2D eigenvalue weighted by atomic mass is 35.5. The van der Waals surface area contributed by atoms with Crippen molar-refractivity contribution in [1.29, 1.82) is 0 Å². The fourth-order valence-corrected chi connectivity index (χ4v) is 3.46. The minimum absolute atomic E-state index is 0.0342. The Bertz CT molecular complexity index is 1080. The van der Waals surface area contributed by atoms with E-state index >= 15 is 0 Å². The van der Waals surface area contributed by atoms with Gasteiger partial charge >= 0.3 is 0 Å². The molecule has 3 heterocycles. The molecule has 0 fully saturated rings. The highest BCUT2D eigenvalue weighted by Gasteiger charge is 2.21. The van der Waals surface area contributed by atoms with Crippen molar-refractivity contribution in [3.05, 3.63) is 75.4 Å². The Morgan fingerprint density at radius 3 is 2.79 bits per heavy atom. The number of hydrogen-bond donors (Lipinski definition) is 1. The van der Waals surface area contributed by atoms with E-state index in [2.05, 4.69) is 10.3 Å². The van der Waals surface area contributed by atoms with Crippen LogP contribution < -0.4 is 15.6 Å². The Morgan fingerprint density at radius 1 is 1.18 bits per heavy atom. The summed E-state index contributed by atoms with van der Waals surface area (Å²) >= 11 is 6.08. The number of aromatic nitrogens is 2. The average molecular weight is 396 g/mol. The molecule has 1 aliphatic heterocycles. The zero-order valence-corrected chi connectivity index (χ0v) is 16.0. The van der Waals surface area contributed by atoms with Gasteiger partial charge in [-0.25, -0.2) is 0 Å². The Hall–Kier alpha value is -3.12. The fraction of sp³-hybridized carbons (Fsp3) is 0.190. The summed E-state index contributed by atoms with van der Waals surface area (Å²) in [6.45, 7) is 0.278. The molecule has 1 N–H and O–H groups in total. The third kappa shape index (κ3) is 3.64. The molecule has 0 bridgehead atoms. The van der Waals surface area contributed by atoms with Crippen molar-refractivity contribution < 1.29 is 9.53 Å². The van der Waals surface area contributed by atoms with Crippen LogP contribution in [0.5, 0.6) is 5.75 Å². The number of fused-ring (bicyclic) bond motifs is 1. The summed E-state index contributed by atoms with van der Waals surface area (Å²) in [4.78, 5) is 28.1. The highest BCUT2D eigenvalue weighted by molar-refractivity contribution is 6.30. The number of benzene rings is 1. The van der Waals surface area contributed by atoms with E-state index in [1.165, 1.54) is 4.57 Å². The van der Waals surface area contributed by atoms with Crippen LogP contribution in [0.2, 0.25) is 5.02 Å². The second-order valence-electron chi connectivity index (χ2n) is 6.66. The van der Waals surface area contributed by atoms with Gasteiger partial charge in [0.2, 0.25) is 5.91 Å². The molecular formula is C21H18ClN3O3. The van der Waals surface area contributed by atoms with Gasteiger partial charge in [-0.05, 0) is 53.4 Å². The van der Waals surface area contributed by atoms with Crippen LogP contribution >= 0.6 is 11.6 Å². The number of amides is 1. The summed E-state index contributed by atoms with van der Waals surface area (Å²) in [6, 6.07) is 11.1. The fourth-order valence-electron chi connectivity index (χ4n) is 3.21. The molecule has 3 aromatic rings. The van der Waals surface area contributed by atoms with Crippen molar-refractivity contribution in [3.8, 4) is 16.9 Å². The number of ether oxygens (including phenoxy) is 1. The minimum atomic E-state index is -0.248. The monoisotopic (exact) mass is 395 g/mol. The van der Waals surface area contributed by atoms with Gasteiger partial charge in [-0.2, -0.15) is 0 Å². The molecule has 1 amide bonds. The molecule has 0 atom stereocenters. The van der Waals surface area contributed by atoms with Crippen molar-refractivity contribution in [2.75, 3.05) is 5.32 Å². The number of anilines is 1. The first-order valence-corrected chi connectivity index (χ1v) is 9.25. The molecule has 142 valence electrons. The van der Waals surface area contributed by atoms with E-state index in [4.69, 9.17) is 16.3 Å². The van der Waals surface area contributed by atoms with Crippen molar-refractivity contribution in [2.24, 2.45) is 7.05 Å². The number of halogens is 1. The second kappa shape index (κ2) is 7.48. The summed E-state index contributed by atoms with van der Waals surface area (Å²) in [7, 11) is 1.66. The third-order valence-corrected chi connectivity index (χ3v) is 4.92. The van der Waals surface area contributed by atoms with Crippen molar-refractivity contribution >= 4 is 23.2 Å². The number of aryl methyl sites for hydroxylation is 2. The molecule has 0 saturated carbocycles. The first-order chi connectivity index (χ1) is 13.5. The number of hydrogen-bond acceptors (Lipinski definition) is 4. The lowest BCUT2D eigenvalue weighted by atomic mass is 9.96. The van der Waals surface area contributed by atoms with E-state index < -0.39 is 0 Å². The topological polar surface area (TPSA) is 73.2 Å². The molecule has 0 aliphatic carbocycles. The van der Waals surface area contributed by atoms with Crippen LogP contribution in [0.25, 0.3) is 11.1 Å². The van der Waals surface area contributed by atoms with Crippen LogP contribution in [0.4, 0.5) is 5.69 Å². The molecule has 2 aromatic heterocycles. The number of pyridine rings is 2. The van der Waals surface area contributed by atoms with Crippen LogP contribution in [0.15, 0.2) is 53.6 Å². The van der Waals surface area contributed by atoms with E-state index in [9.17, 15) is 9.59 Å². The van der Waals surface area contributed by atoms with E-state index in [1.807, 2.05) is 30.3 Å². The molecule has 1 aromatic carbocycles. The van der Waals surface area contributed by atoms with Crippen LogP contribution in [-0.2, 0) is 24.9 Å². The lowest BCUT2D eigenvalue weighted by Gasteiger charge is -2.22. The second-order valence-corrected chi connectivity index (χ2v) is 7.07. The van der Waals surface area contributed by atoms with Gasteiger partial charge in [0.05, 0.1) is 11.4 Å². The van der Waals surface area contributed by atoms with Gasteiger partial charge in [-0.1, -0.05) is 17.7 Å². The lowest BCUT2D eigenvalue weighted by molar-refractivity contribution is -0.116. The largest absolute Gasteiger partial charge is 0.485 e. The number of nitrogens with one attached hydrogen (secondary N) is 1. The van der Waals surface area contributed by atoms with Gasteiger partial charge in [-0.3, -0.25) is 14.6 Å². The maximum absolute atomic E-state index is 11.9. The van der Waals surface area contributed by atoms with Gasteiger partial charge in [0.1, 0.15) is 17.4 Å². The maximum atomic E-state index is 11.9. The van der Waals surface area contributed by atoms with Gasteiger partial charge in [0.15, 0.2) is 0 Å². The molecule has 0 spiro atoms. The Morgan fingerprint density at radius 2 is 2.04 bits per heavy atom. The van der Waals surface area contributed by atoms with E-state index in [-0.39, 0.29) is 23.1 Å². The van der Waals surface area contributed by atoms with E-state index in [0.717, 1.165) is 22.4 Å².